The van der Waals surface area contributed by atoms with E-state index in [0.29, 0.717) is 18.5 Å². The summed E-state index contributed by atoms with van der Waals surface area (Å²) >= 11 is 0. The van der Waals surface area contributed by atoms with Crippen molar-refractivity contribution in [1.82, 2.24) is 10.2 Å². The normalized spacial score (nSPS) is 17.0. The Morgan fingerprint density at radius 1 is 1.43 bits per heavy atom. The van der Waals surface area contributed by atoms with Crippen molar-refractivity contribution >= 4 is 23.4 Å². The molecule has 1 aromatic carbocycles. The van der Waals surface area contributed by atoms with Crippen LogP contribution >= 0.6 is 0 Å². The van der Waals surface area contributed by atoms with Gasteiger partial charge in [-0.1, -0.05) is 12.1 Å². The first-order valence-electron chi connectivity index (χ1n) is 7.29. The smallest absolute Gasteiger partial charge is 0.269 e. The summed E-state index contributed by atoms with van der Waals surface area (Å²) in [5.74, 6) is -1.10. The Morgan fingerprint density at radius 3 is 2.74 bits per heavy atom. The zero-order valence-electron chi connectivity index (χ0n) is 12.7. The van der Waals surface area contributed by atoms with E-state index in [9.17, 15) is 24.5 Å². The van der Waals surface area contributed by atoms with Crippen molar-refractivity contribution in [1.29, 1.82) is 0 Å². The number of rotatable bonds is 6. The molecule has 0 unspecified atom stereocenters. The van der Waals surface area contributed by atoms with Crippen LogP contribution in [0.3, 0.4) is 0 Å². The summed E-state index contributed by atoms with van der Waals surface area (Å²) in [5, 5.41) is 12.9. The average Bonchev–Trinajstić information content (AvgIpc) is 2.85. The molecular weight excluding hydrogens is 302 g/mol. The second kappa shape index (κ2) is 6.99. The van der Waals surface area contributed by atoms with E-state index in [1.165, 1.54) is 17.0 Å². The summed E-state index contributed by atoms with van der Waals surface area (Å²) in [6, 6.07) is 5.33. The van der Waals surface area contributed by atoms with Crippen LogP contribution in [-0.4, -0.2) is 40.1 Å². The average molecular weight is 319 g/mol. The number of amides is 3. The van der Waals surface area contributed by atoms with Gasteiger partial charge in [0.25, 0.3) is 5.69 Å². The van der Waals surface area contributed by atoms with Gasteiger partial charge in [-0.2, -0.15) is 0 Å². The minimum atomic E-state index is -0.759. The van der Waals surface area contributed by atoms with Crippen LogP contribution in [0.2, 0.25) is 0 Å². The Kier molecular flexibility index (Phi) is 5.05. The Balaban J connectivity index is 2.00. The lowest BCUT2D eigenvalue weighted by Gasteiger charge is -2.25. The highest BCUT2D eigenvalue weighted by molar-refractivity contribution is 6.06. The quantitative estimate of drug-likeness (QED) is 0.473. The van der Waals surface area contributed by atoms with Crippen LogP contribution in [0.25, 0.3) is 0 Å². The Hall–Kier alpha value is -2.77. The van der Waals surface area contributed by atoms with Crippen LogP contribution in [0.15, 0.2) is 24.3 Å². The molecule has 8 heteroatoms. The summed E-state index contributed by atoms with van der Waals surface area (Å²) in [4.78, 5) is 46.9. The summed E-state index contributed by atoms with van der Waals surface area (Å²) in [7, 11) is 0. The lowest BCUT2D eigenvalue weighted by molar-refractivity contribution is -0.384. The molecule has 1 heterocycles. The van der Waals surface area contributed by atoms with Gasteiger partial charge in [0, 0.05) is 25.1 Å². The SMILES string of the molecule is CCN(C(=O)CCc1cccc([N+](=O)[O-])c1)[C@@H]1CC(=O)NC1=O. The molecule has 1 aromatic rings. The van der Waals surface area contributed by atoms with Crippen molar-refractivity contribution in [3.05, 3.63) is 39.9 Å². The molecule has 1 fully saturated rings. The molecule has 3 amide bonds. The highest BCUT2D eigenvalue weighted by Crippen LogP contribution is 2.16. The Morgan fingerprint density at radius 2 is 2.17 bits per heavy atom. The minimum Gasteiger partial charge on any atom is -0.330 e. The molecule has 1 atom stereocenters. The predicted octanol–water partition coefficient (Wildman–Crippen LogP) is 0.791. The maximum atomic E-state index is 12.3. The molecule has 23 heavy (non-hydrogen) atoms. The largest absolute Gasteiger partial charge is 0.330 e. The number of imide groups is 1. The first-order valence-corrected chi connectivity index (χ1v) is 7.29. The van der Waals surface area contributed by atoms with E-state index in [2.05, 4.69) is 5.32 Å². The van der Waals surface area contributed by atoms with Gasteiger partial charge in [-0.25, -0.2) is 0 Å². The van der Waals surface area contributed by atoms with Crippen molar-refractivity contribution in [2.45, 2.75) is 32.2 Å². The number of hydrogen-bond acceptors (Lipinski definition) is 5. The van der Waals surface area contributed by atoms with Crippen LogP contribution in [0.5, 0.6) is 0 Å². The zero-order valence-corrected chi connectivity index (χ0v) is 12.7. The fourth-order valence-electron chi connectivity index (χ4n) is 2.58. The first kappa shape index (κ1) is 16.6. The second-order valence-corrected chi connectivity index (χ2v) is 5.24. The molecule has 0 aliphatic carbocycles. The van der Waals surface area contributed by atoms with E-state index in [0.717, 1.165) is 0 Å². The molecule has 0 bridgehead atoms. The van der Waals surface area contributed by atoms with Crippen LogP contribution in [0, 0.1) is 10.1 Å². The summed E-state index contributed by atoms with van der Waals surface area (Å²) in [6.07, 6.45) is 0.432. The number of aryl methyl sites for hydroxylation is 1. The zero-order chi connectivity index (χ0) is 17.0. The third-order valence-corrected chi connectivity index (χ3v) is 3.73. The van der Waals surface area contributed by atoms with E-state index < -0.39 is 16.9 Å². The molecule has 1 N–H and O–H groups in total. The molecule has 1 saturated heterocycles. The maximum Gasteiger partial charge on any atom is 0.269 e. The van der Waals surface area contributed by atoms with Gasteiger partial charge in [0.1, 0.15) is 6.04 Å². The summed E-state index contributed by atoms with van der Waals surface area (Å²) in [5.41, 5.74) is 0.651. The molecule has 0 radical (unpaired) electrons. The number of nitro groups is 1. The van der Waals surface area contributed by atoms with Gasteiger partial charge < -0.3 is 4.90 Å². The number of carbonyl (C=O) groups excluding carboxylic acids is 3. The third kappa shape index (κ3) is 3.91. The minimum absolute atomic E-state index is 0.0186. The number of non-ortho nitro benzene ring substituents is 1. The predicted molar refractivity (Wildman–Crippen MR) is 80.4 cm³/mol. The molecule has 0 spiro atoms. The van der Waals surface area contributed by atoms with Gasteiger partial charge in [0.05, 0.1) is 11.3 Å². The monoisotopic (exact) mass is 319 g/mol. The van der Waals surface area contributed by atoms with E-state index >= 15 is 0 Å². The lowest BCUT2D eigenvalue weighted by atomic mass is 10.1. The van der Waals surface area contributed by atoms with Gasteiger partial charge in [0.2, 0.25) is 17.7 Å². The molecule has 122 valence electrons. The molecule has 0 saturated carbocycles. The number of benzene rings is 1. The number of hydrogen-bond donors (Lipinski definition) is 1. The second-order valence-electron chi connectivity index (χ2n) is 5.24. The van der Waals surface area contributed by atoms with Crippen molar-refractivity contribution < 1.29 is 19.3 Å². The molecule has 1 aliphatic rings. The number of likely N-dealkylation sites (N-methyl/N-ethyl adjacent to an activating group) is 1. The van der Waals surface area contributed by atoms with Crippen molar-refractivity contribution in [2.75, 3.05) is 6.54 Å². The van der Waals surface area contributed by atoms with Crippen LogP contribution in [0.4, 0.5) is 5.69 Å². The van der Waals surface area contributed by atoms with Gasteiger partial charge in [-0.15, -0.1) is 0 Å². The van der Waals surface area contributed by atoms with Crippen LogP contribution in [0.1, 0.15) is 25.3 Å². The van der Waals surface area contributed by atoms with Crippen molar-refractivity contribution in [2.24, 2.45) is 0 Å². The first-order chi connectivity index (χ1) is 10.9. The lowest BCUT2D eigenvalue weighted by Crippen LogP contribution is -2.44. The molecule has 1 aliphatic heterocycles. The molecule has 0 aromatic heterocycles. The maximum absolute atomic E-state index is 12.3. The fraction of sp³-hybridized carbons (Fsp3) is 0.400. The summed E-state index contributed by atoms with van der Waals surface area (Å²) < 4.78 is 0. The molecular formula is C15H17N3O5. The Bertz CT molecular complexity index is 658. The molecule has 2 rings (SSSR count). The van der Waals surface area contributed by atoms with E-state index in [1.54, 1.807) is 19.1 Å². The van der Waals surface area contributed by atoms with Crippen LogP contribution < -0.4 is 5.32 Å². The standard InChI is InChI=1S/C15H17N3O5/c1-2-17(12-9-13(19)16-15(12)21)14(20)7-6-10-4-3-5-11(8-10)18(22)23/h3-5,8,12H,2,6-7,9H2,1H3,(H,16,19,21)/t12-/m1/s1. The number of nitrogens with one attached hydrogen (secondary N) is 1. The van der Waals surface area contributed by atoms with Gasteiger partial charge >= 0.3 is 0 Å². The van der Waals surface area contributed by atoms with Gasteiger partial charge in [0.15, 0.2) is 0 Å². The van der Waals surface area contributed by atoms with Crippen molar-refractivity contribution in [3.8, 4) is 0 Å². The molecule has 8 nitrogen and oxygen atoms in total. The third-order valence-electron chi connectivity index (χ3n) is 3.73. The Labute approximate surface area is 132 Å². The van der Waals surface area contributed by atoms with Gasteiger partial charge in [-0.05, 0) is 18.9 Å². The van der Waals surface area contributed by atoms with E-state index in [1.807, 2.05) is 0 Å². The summed E-state index contributed by atoms with van der Waals surface area (Å²) in [6.45, 7) is 2.06. The van der Waals surface area contributed by atoms with E-state index in [4.69, 9.17) is 0 Å². The van der Waals surface area contributed by atoms with Gasteiger partial charge in [-0.3, -0.25) is 29.8 Å². The number of nitro benzene ring substituents is 1. The topological polar surface area (TPSA) is 110 Å². The van der Waals surface area contributed by atoms with Crippen LogP contribution in [-0.2, 0) is 20.8 Å². The highest BCUT2D eigenvalue weighted by Gasteiger charge is 2.36. The number of nitrogens with zero attached hydrogens (tertiary/aromatic N) is 2. The van der Waals surface area contributed by atoms with Crippen molar-refractivity contribution in [3.63, 3.8) is 0 Å². The highest BCUT2D eigenvalue weighted by atomic mass is 16.6. The number of carbonyl (C=O) groups is 3. The fourth-order valence-corrected chi connectivity index (χ4v) is 2.58. The van der Waals surface area contributed by atoms with E-state index in [-0.39, 0.29) is 30.3 Å².